The molecule has 0 aliphatic carbocycles. The monoisotopic (exact) mass is 525 g/mol. The predicted octanol–water partition coefficient (Wildman–Crippen LogP) is 5.21. The summed E-state index contributed by atoms with van der Waals surface area (Å²) in [6.07, 6.45) is 3.14. The second-order valence-corrected chi connectivity index (χ2v) is 12.3. The Labute approximate surface area is 219 Å². The molecule has 0 saturated carbocycles. The topological polar surface area (TPSA) is 126 Å². The molecule has 3 rings (SSSR count). The number of sulfonamides is 1. The van der Waals surface area contributed by atoms with Gasteiger partial charge in [-0.1, -0.05) is 46.8 Å². The van der Waals surface area contributed by atoms with E-state index in [1.165, 1.54) is 18.3 Å². The molecule has 1 aromatic heterocycles. The summed E-state index contributed by atoms with van der Waals surface area (Å²) in [5.41, 5.74) is 0.428. The number of esters is 1. The normalized spacial score (nSPS) is 18.4. The fourth-order valence-electron chi connectivity index (χ4n) is 5.37. The molecule has 1 fully saturated rings. The van der Waals surface area contributed by atoms with E-state index in [0.29, 0.717) is 24.8 Å². The first kappa shape index (κ1) is 28.3. The van der Waals surface area contributed by atoms with Crippen LogP contribution in [0.2, 0.25) is 0 Å². The molecule has 2 atom stereocenters. The van der Waals surface area contributed by atoms with Crippen molar-refractivity contribution in [1.29, 1.82) is 5.26 Å². The number of carbonyl (C=O) groups is 2. The molecule has 198 valence electrons. The van der Waals surface area contributed by atoms with Crippen LogP contribution in [0.1, 0.15) is 77.3 Å². The summed E-state index contributed by atoms with van der Waals surface area (Å²) in [6, 6.07) is 11.2. The summed E-state index contributed by atoms with van der Waals surface area (Å²) >= 11 is 0. The van der Waals surface area contributed by atoms with Crippen molar-refractivity contribution in [3.8, 4) is 6.07 Å². The van der Waals surface area contributed by atoms with Crippen molar-refractivity contribution in [1.82, 2.24) is 4.98 Å². The number of Topliss-reactive ketones (excluding diaryl/α,β-unsaturated/α-hetero) is 1. The molecule has 1 saturated heterocycles. The average Bonchev–Trinajstić information content (AvgIpc) is 2.80. The summed E-state index contributed by atoms with van der Waals surface area (Å²) < 4.78 is 34.2. The molecular formula is C28H35N3O5S. The second kappa shape index (κ2) is 11.4. The van der Waals surface area contributed by atoms with Gasteiger partial charge in [-0.15, -0.1) is 0 Å². The number of cyclic esters (lactones) is 1. The van der Waals surface area contributed by atoms with Crippen LogP contribution >= 0.6 is 0 Å². The van der Waals surface area contributed by atoms with Gasteiger partial charge in [0.2, 0.25) is 0 Å². The highest BCUT2D eigenvalue weighted by molar-refractivity contribution is 7.92. The number of anilines is 1. The molecule has 37 heavy (non-hydrogen) atoms. The number of hydrogen-bond acceptors (Lipinski definition) is 7. The minimum absolute atomic E-state index is 0.128. The minimum atomic E-state index is -4.00. The predicted molar refractivity (Wildman–Crippen MR) is 140 cm³/mol. The molecule has 2 heterocycles. The van der Waals surface area contributed by atoms with Gasteiger partial charge in [-0.2, -0.15) is 13.7 Å². The van der Waals surface area contributed by atoms with Gasteiger partial charge in [0.05, 0.1) is 5.56 Å². The molecular weight excluding hydrogens is 490 g/mol. The Kier molecular flexibility index (Phi) is 8.75. The van der Waals surface area contributed by atoms with E-state index in [9.17, 15) is 18.0 Å². The van der Waals surface area contributed by atoms with Crippen LogP contribution in [0.15, 0.2) is 47.6 Å². The second-order valence-electron chi connectivity index (χ2n) is 10.7. The molecule has 1 aliphatic heterocycles. The number of pyridine rings is 1. The lowest BCUT2D eigenvalue weighted by atomic mass is 9.72. The third-order valence-electron chi connectivity index (χ3n) is 6.52. The first-order chi connectivity index (χ1) is 17.4. The first-order valence-corrected chi connectivity index (χ1v) is 14.1. The molecule has 0 spiro atoms. The Hall–Kier alpha value is -3.25. The van der Waals surface area contributed by atoms with Crippen molar-refractivity contribution in [3.63, 3.8) is 0 Å². The van der Waals surface area contributed by atoms with Gasteiger partial charge in [-0.25, -0.2) is 4.98 Å². The van der Waals surface area contributed by atoms with Gasteiger partial charge in [0.1, 0.15) is 17.6 Å². The zero-order valence-corrected chi connectivity index (χ0v) is 22.8. The van der Waals surface area contributed by atoms with Crippen LogP contribution < -0.4 is 4.72 Å². The van der Waals surface area contributed by atoms with Crippen LogP contribution in [-0.2, 0) is 24.3 Å². The van der Waals surface area contributed by atoms with Crippen molar-refractivity contribution in [2.45, 2.75) is 76.8 Å². The molecule has 0 bridgehead atoms. The number of carbonyl (C=O) groups excluding carboxylic acids is 2. The third kappa shape index (κ3) is 6.75. The van der Waals surface area contributed by atoms with Crippen LogP contribution in [-0.4, -0.2) is 30.8 Å². The molecule has 2 aromatic rings. The van der Waals surface area contributed by atoms with Crippen molar-refractivity contribution in [3.05, 3.63) is 53.7 Å². The Morgan fingerprint density at radius 1 is 1.14 bits per heavy atom. The molecule has 9 heteroatoms. The van der Waals surface area contributed by atoms with Crippen LogP contribution in [0.4, 0.5) is 5.69 Å². The van der Waals surface area contributed by atoms with E-state index >= 15 is 0 Å². The molecule has 0 amide bonds. The summed E-state index contributed by atoms with van der Waals surface area (Å²) in [4.78, 5) is 30.6. The van der Waals surface area contributed by atoms with Gasteiger partial charge < -0.3 is 4.74 Å². The summed E-state index contributed by atoms with van der Waals surface area (Å²) in [6.45, 7) is 10.1. The van der Waals surface area contributed by atoms with Gasteiger partial charge >= 0.3 is 5.97 Å². The quantitative estimate of drug-likeness (QED) is 0.333. The fraction of sp³-hybridized carbons (Fsp3) is 0.500. The maximum atomic E-state index is 13.5. The maximum Gasteiger partial charge on any atom is 0.317 e. The zero-order chi connectivity index (χ0) is 27.4. The highest BCUT2D eigenvalue weighted by atomic mass is 32.2. The van der Waals surface area contributed by atoms with Crippen molar-refractivity contribution in [2.24, 2.45) is 17.8 Å². The van der Waals surface area contributed by atoms with E-state index in [0.717, 1.165) is 0 Å². The lowest BCUT2D eigenvalue weighted by Crippen LogP contribution is -2.50. The number of nitrogens with one attached hydrogen (secondary N) is 1. The molecule has 0 radical (unpaired) electrons. The number of aromatic nitrogens is 1. The lowest BCUT2D eigenvalue weighted by Gasteiger charge is -2.42. The first-order valence-electron chi connectivity index (χ1n) is 12.6. The van der Waals surface area contributed by atoms with E-state index in [-0.39, 0.29) is 40.3 Å². The number of ether oxygens (including phenoxy) is 1. The maximum absolute atomic E-state index is 13.5. The van der Waals surface area contributed by atoms with E-state index in [1.54, 1.807) is 24.3 Å². The van der Waals surface area contributed by atoms with Crippen molar-refractivity contribution < 1.29 is 22.7 Å². The number of nitrogens with zero attached hydrogens (tertiary/aromatic N) is 2. The van der Waals surface area contributed by atoms with E-state index in [1.807, 2.05) is 13.0 Å². The number of hydrogen-bond donors (Lipinski definition) is 1. The molecule has 8 nitrogen and oxygen atoms in total. The summed E-state index contributed by atoms with van der Waals surface area (Å²) in [5.74, 6) is -1.48. The average molecular weight is 526 g/mol. The van der Waals surface area contributed by atoms with Crippen LogP contribution in [0.3, 0.4) is 0 Å². The number of rotatable bonds is 10. The van der Waals surface area contributed by atoms with Gasteiger partial charge in [-0.3, -0.25) is 14.3 Å². The molecule has 1 N–H and O–H groups in total. The summed E-state index contributed by atoms with van der Waals surface area (Å²) in [5, 5.41) is 8.69. The highest BCUT2D eigenvalue weighted by Gasteiger charge is 2.49. The van der Waals surface area contributed by atoms with Crippen LogP contribution in [0.5, 0.6) is 0 Å². The number of ketones is 1. The highest BCUT2D eigenvalue weighted by Crippen LogP contribution is 2.42. The summed E-state index contributed by atoms with van der Waals surface area (Å²) in [7, 11) is -4.00. The van der Waals surface area contributed by atoms with E-state index in [4.69, 9.17) is 10.00 Å². The van der Waals surface area contributed by atoms with Crippen molar-refractivity contribution >= 4 is 27.5 Å². The standard InChI is InChI=1S/C28H35N3O5S/c1-6-23(26-24(32)15-28(13-18(2)3,14-19(4)5)36-27(26)33)21-8-7-9-22(12-21)31-37(34,35)25-11-10-20(16-29)17-30-25/h7-12,17-19,23,26,31H,6,13-15H2,1-5H3. The lowest BCUT2D eigenvalue weighted by molar-refractivity contribution is -0.182. The molecule has 1 aromatic carbocycles. The van der Waals surface area contributed by atoms with Gasteiger partial charge in [-0.05, 0) is 60.9 Å². The Balaban J connectivity index is 1.86. The van der Waals surface area contributed by atoms with E-state index < -0.39 is 33.4 Å². The number of nitriles is 1. The Morgan fingerprint density at radius 2 is 1.81 bits per heavy atom. The van der Waals surface area contributed by atoms with Crippen LogP contribution in [0, 0.1) is 29.1 Å². The Bertz CT molecular complexity index is 1250. The molecule has 1 aliphatic rings. The van der Waals surface area contributed by atoms with Gasteiger partial charge in [0.25, 0.3) is 10.0 Å². The Morgan fingerprint density at radius 3 is 2.32 bits per heavy atom. The van der Waals surface area contributed by atoms with Crippen LogP contribution in [0.25, 0.3) is 0 Å². The largest absolute Gasteiger partial charge is 0.458 e. The minimum Gasteiger partial charge on any atom is -0.458 e. The third-order valence-corrected chi connectivity index (χ3v) is 7.82. The van der Waals surface area contributed by atoms with Gasteiger partial charge in [0.15, 0.2) is 10.8 Å². The SMILES string of the molecule is CCC(c1cccc(NS(=O)(=O)c2ccc(C#N)cn2)c1)C1C(=O)CC(CC(C)C)(CC(C)C)OC1=O. The fourth-order valence-corrected chi connectivity index (χ4v) is 6.35. The molecule has 2 unspecified atom stereocenters. The van der Waals surface area contributed by atoms with Crippen molar-refractivity contribution in [2.75, 3.05) is 4.72 Å². The van der Waals surface area contributed by atoms with Gasteiger partial charge in [0, 0.05) is 24.2 Å². The van der Waals surface area contributed by atoms with E-state index in [2.05, 4.69) is 37.4 Å². The zero-order valence-electron chi connectivity index (χ0n) is 22.0. The smallest absolute Gasteiger partial charge is 0.317 e. The number of benzene rings is 1.